The standard InChI is InChI=1S/C15H15FN2/c16-14-8-6-12(7-9-14)10-11-18-15(17)13-4-2-1-3-5-13/h1-9H,10-11H2,(H2,17,18). The number of hydrogen-bond donors (Lipinski definition) is 1. The molecule has 0 saturated carbocycles. The van der Waals surface area contributed by atoms with Crippen LogP contribution in [-0.4, -0.2) is 12.4 Å². The van der Waals surface area contributed by atoms with Crippen molar-refractivity contribution in [1.29, 1.82) is 0 Å². The number of nitrogens with two attached hydrogens (primary N) is 1. The highest BCUT2D eigenvalue weighted by Crippen LogP contribution is 2.04. The normalized spacial score (nSPS) is 11.5. The van der Waals surface area contributed by atoms with Crippen molar-refractivity contribution in [2.45, 2.75) is 6.42 Å². The van der Waals surface area contributed by atoms with Crippen LogP contribution in [0.2, 0.25) is 0 Å². The minimum absolute atomic E-state index is 0.217. The van der Waals surface area contributed by atoms with Gasteiger partial charge in [-0.2, -0.15) is 0 Å². The minimum atomic E-state index is -0.217. The molecule has 2 nitrogen and oxygen atoms in total. The molecule has 2 N–H and O–H groups in total. The molecule has 2 aromatic rings. The molecule has 0 radical (unpaired) electrons. The van der Waals surface area contributed by atoms with Crippen molar-refractivity contribution in [1.82, 2.24) is 0 Å². The average molecular weight is 242 g/mol. The SMILES string of the molecule is NC(=NCCc1ccc(F)cc1)c1ccccc1. The predicted octanol–water partition coefficient (Wildman–Crippen LogP) is 2.77. The first-order valence-electron chi connectivity index (χ1n) is 5.85. The van der Waals surface area contributed by atoms with E-state index in [0.717, 1.165) is 17.5 Å². The van der Waals surface area contributed by atoms with Crippen LogP contribution in [0.15, 0.2) is 59.6 Å². The Labute approximate surface area is 106 Å². The van der Waals surface area contributed by atoms with Crippen molar-refractivity contribution >= 4 is 5.84 Å². The molecule has 2 aromatic carbocycles. The van der Waals surface area contributed by atoms with Crippen LogP contribution in [0.1, 0.15) is 11.1 Å². The second-order valence-electron chi connectivity index (χ2n) is 4.01. The van der Waals surface area contributed by atoms with E-state index >= 15 is 0 Å². The maximum absolute atomic E-state index is 12.7. The number of halogens is 1. The lowest BCUT2D eigenvalue weighted by molar-refractivity contribution is 0.627. The van der Waals surface area contributed by atoms with E-state index in [1.54, 1.807) is 12.1 Å². The van der Waals surface area contributed by atoms with E-state index < -0.39 is 0 Å². The zero-order chi connectivity index (χ0) is 12.8. The van der Waals surface area contributed by atoms with E-state index in [0.29, 0.717) is 12.4 Å². The Morgan fingerprint density at radius 2 is 1.67 bits per heavy atom. The third-order valence-electron chi connectivity index (χ3n) is 2.67. The Bertz CT molecular complexity index is 518. The molecule has 0 heterocycles. The molecule has 0 spiro atoms. The molecule has 0 unspecified atom stereocenters. The Balaban J connectivity index is 1.93. The fourth-order valence-corrected chi connectivity index (χ4v) is 1.66. The second kappa shape index (κ2) is 5.96. The van der Waals surface area contributed by atoms with Gasteiger partial charge in [-0.1, -0.05) is 42.5 Å². The smallest absolute Gasteiger partial charge is 0.125 e. The summed E-state index contributed by atoms with van der Waals surface area (Å²) in [5.74, 6) is 0.323. The quantitative estimate of drug-likeness (QED) is 0.649. The Hall–Kier alpha value is -2.16. The molecular weight excluding hydrogens is 227 g/mol. The van der Waals surface area contributed by atoms with Gasteiger partial charge in [0.15, 0.2) is 0 Å². The van der Waals surface area contributed by atoms with Crippen LogP contribution in [0.25, 0.3) is 0 Å². The van der Waals surface area contributed by atoms with Gasteiger partial charge in [0.1, 0.15) is 11.7 Å². The summed E-state index contributed by atoms with van der Waals surface area (Å²) in [5.41, 5.74) is 7.86. The molecule has 2 rings (SSSR count). The predicted molar refractivity (Wildman–Crippen MR) is 72.1 cm³/mol. The maximum atomic E-state index is 12.7. The zero-order valence-corrected chi connectivity index (χ0v) is 10.0. The zero-order valence-electron chi connectivity index (χ0n) is 10.0. The summed E-state index contributed by atoms with van der Waals surface area (Å²) in [6.45, 7) is 0.604. The van der Waals surface area contributed by atoms with Gasteiger partial charge in [-0.3, -0.25) is 4.99 Å². The van der Waals surface area contributed by atoms with Gasteiger partial charge in [-0.25, -0.2) is 4.39 Å². The lowest BCUT2D eigenvalue weighted by Gasteiger charge is -2.01. The molecule has 18 heavy (non-hydrogen) atoms. The first-order chi connectivity index (χ1) is 8.75. The van der Waals surface area contributed by atoms with E-state index in [2.05, 4.69) is 4.99 Å². The largest absolute Gasteiger partial charge is 0.384 e. The highest BCUT2D eigenvalue weighted by Gasteiger charge is 1.97. The molecule has 0 fully saturated rings. The first kappa shape index (κ1) is 12.3. The van der Waals surface area contributed by atoms with Gasteiger partial charge >= 0.3 is 0 Å². The highest BCUT2D eigenvalue weighted by atomic mass is 19.1. The molecule has 0 aliphatic carbocycles. The molecule has 3 heteroatoms. The molecule has 0 atom stereocenters. The third-order valence-corrected chi connectivity index (χ3v) is 2.67. The van der Waals surface area contributed by atoms with Crippen molar-refractivity contribution in [3.05, 3.63) is 71.5 Å². The number of nitrogens with zero attached hydrogens (tertiary/aromatic N) is 1. The molecule has 0 saturated heterocycles. The number of rotatable bonds is 4. The van der Waals surface area contributed by atoms with Crippen LogP contribution in [0.5, 0.6) is 0 Å². The minimum Gasteiger partial charge on any atom is -0.384 e. The van der Waals surface area contributed by atoms with Crippen LogP contribution in [0.4, 0.5) is 4.39 Å². The number of benzene rings is 2. The highest BCUT2D eigenvalue weighted by molar-refractivity contribution is 5.97. The summed E-state index contributed by atoms with van der Waals surface area (Å²) in [6.07, 6.45) is 0.758. The first-order valence-corrected chi connectivity index (χ1v) is 5.85. The van der Waals surface area contributed by atoms with Gasteiger partial charge in [-0.05, 0) is 24.1 Å². The van der Waals surface area contributed by atoms with E-state index in [1.807, 2.05) is 30.3 Å². The van der Waals surface area contributed by atoms with Crippen LogP contribution >= 0.6 is 0 Å². The number of hydrogen-bond acceptors (Lipinski definition) is 1. The van der Waals surface area contributed by atoms with Crippen LogP contribution in [0, 0.1) is 5.82 Å². The van der Waals surface area contributed by atoms with Crippen molar-refractivity contribution in [2.24, 2.45) is 10.7 Å². The summed E-state index contributed by atoms with van der Waals surface area (Å²) < 4.78 is 12.7. The number of aliphatic imine (C=N–C) groups is 1. The van der Waals surface area contributed by atoms with E-state index in [-0.39, 0.29) is 5.82 Å². The van der Waals surface area contributed by atoms with E-state index in [4.69, 9.17) is 5.73 Å². The van der Waals surface area contributed by atoms with Crippen LogP contribution in [0.3, 0.4) is 0 Å². The van der Waals surface area contributed by atoms with Crippen molar-refractivity contribution in [3.63, 3.8) is 0 Å². The monoisotopic (exact) mass is 242 g/mol. The Morgan fingerprint density at radius 3 is 2.33 bits per heavy atom. The maximum Gasteiger partial charge on any atom is 0.125 e. The van der Waals surface area contributed by atoms with Gasteiger partial charge in [0.25, 0.3) is 0 Å². The van der Waals surface area contributed by atoms with Gasteiger partial charge < -0.3 is 5.73 Å². The fraction of sp³-hybridized carbons (Fsp3) is 0.133. The summed E-state index contributed by atoms with van der Waals surface area (Å²) in [5, 5.41) is 0. The summed E-state index contributed by atoms with van der Waals surface area (Å²) >= 11 is 0. The lowest BCUT2D eigenvalue weighted by atomic mass is 10.1. The second-order valence-corrected chi connectivity index (χ2v) is 4.01. The molecular formula is C15H15FN2. The summed E-state index contributed by atoms with van der Waals surface area (Å²) in [4.78, 5) is 4.31. The van der Waals surface area contributed by atoms with Crippen LogP contribution in [-0.2, 0) is 6.42 Å². The van der Waals surface area contributed by atoms with Crippen molar-refractivity contribution in [2.75, 3.05) is 6.54 Å². The average Bonchev–Trinajstić information content (AvgIpc) is 2.42. The molecule has 0 aliphatic heterocycles. The Kier molecular flexibility index (Phi) is 4.07. The van der Waals surface area contributed by atoms with Crippen molar-refractivity contribution < 1.29 is 4.39 Å². The van der Waals surface area contributed by atoms with Gasteiger partial charge in [-0.15, -0.1) is 0 Å². The van der Waals surface area contributed by atoms with E-state index in [1.165, 1.54) is 12.1 Å². The van der Waals surface area contributed by atoms with Crippen molar-refractivity contribution in [3.8, 4) is 0 Å². The van der Waals surface area contributed by atoms with Crippen LogP contribution < -0.4 is 5.73 Å². The third kappa shape index (κ3) is 3.42. The molecule has 0 bridgehead atoms. The fourth-order valence-electron chi connectivity index (χ4n) is 1.66. The van der Waals surface area contributed by atoms with E-state index in [9.17, 15) is 4.39 Å². The molecule has 92 valence electrons. The lowest BCUT2D eigenvalue weighted by Crippen LogP contribution is -2.14. The molecule has 0 amide bonds. The van der Waals surface area contributed by atoms with Gasteiger partial charge in [0.2, 0.25) is 0 Å². The molecule has 0 aromatic heterocycles. The topological polar surface area (TPSA) is 38.4 Å². The van der Waals surface area contributed by atoms with Gasteiger partial charge in [0.05, 0.1) is 0 Å². The number of amidine groups is 1. The van der Waals surface area contributed by atoms with Gasteiger partial charge in [0, 0.05) is 12.1 Å². The summed E-state index contributed by atoms with van der Waals surface area (Å²) in [7, 11) is 0. The molecule has 0 aliphatic rings. The summed E-state index contributed by atoms with van der Waals surface area (Å²) in [6, 6.07) is 16.1. The Morgan fingerprint density at radius 1 is 1.00 bits per heavy atom.